The SMILES string of the molecule is CN(C)N(C(=O)COc1ccccc1Cc1ccccc1)C1CCS(=O)(=O)C1. The number of hydrogen-bond donors (Lipinski definition) is 0. The fourth-order valence-corrected chi connectivity index (χ4v) is 5.23. The summed E-state index contributed by atoms with van der Waals surface area (Å²) in [4.78, 5) is 12.8. The summed E-state index contributed by atoms with van der Waals surface area (Å²) in [6, 6.07) is 17.4. The van der Waals surface area contributed by atoms with E-state index >= 15 is 0 Å². The second-order valence-corrected chi connectivity index (χ2v) is 9.43. The molecule has 0 bridgehead atoms. The van der Waals surface area contributed by atoms with Gasteiger partial charge in [-0.1, -0.05) is 48.5 Å². The molecule has 1 aliphatic heterocycles. The van der Waals surface area contributed by atoms with Gasteiger partial charge in [-0.05, 0) is 23.6 Å². The predicted octanol–water partition coefficient (Wildman–Crippen LogP) is 2.15. The molecule has 1 unspecified atom stereocenters. The Balaban J connectivity index is 1.68. The average Bonchev–Trinajstić information content (AvgIpc) is 3.01. The lowest BCUT2D eigenvalue weighted by Gasteiger charge is -2.33. The van der Waals surface area contributed by atoms with E-state index in [0.29, 0.717) is 18.6 Å². The van der Waals surface area contributed by atoms with Crippen molar-refractivity contribution in [2.45, 2.75) is 18.9 Å². The molecule has 1 heterocycles. The van der Waals surface area contributed by atoms with Crippen LogP contribution in [0.1, 0.15) is 17.5 Å². The van der Waals surface area contributed by atoms with Crippen LogP contribution in [-0.4, -0.2) is 62.6 Å². The summed E-state index contributed by atoms with van der Waals surface area (Å²) in [5.74, 6) is 0.538. The molecule has 2 aromatic carbocycles. The van der Waals surface area contributed by atoms with Crippen LogP contribution < -0.4 is 4.74 Å². The van der Waals surface area contributed by atoms with Gasteiger partial charge < -0.3 is 4.74 Å². The van der Waals surface area contributed by atoms with Gasteiger partial charge in [-0.15, -0.1) is 0 Å². The van der Waals surface area contributed by atoms with Crippen LogP contribution in [0.3, 0.4) is 0 Å². The minimum atomic E-state index is -3.08. The first kappa shape index (κ1) is 20.4. The lowest BCUT2D eigenvalue weighted by atomic mass is 10.0. The van der Waals surface area contributed by atoms with E-state index in [1.165, 1.54) is 5.01 Å². The molecule has 0 aliphatic carbocycles. The molecule has 1 fully saturated rings. The maximum absolute atomic E-state index is 12.8. The average molecular weight is 403 g/mol. The third-order valence-corrected chi connectivity index (χ3v) is 6.55. The van der Waals surface area contributed by atoms with E-state index < -0.39 is 9.84 Å². The van der Waals surface area contributed by atoms with Crippen molar-refractivity contribution in [2.24, 2.45) is 0 Å². The number of ether oxygens (including phenoxy) is 1. The van der Waals surface area contributed by atoms with Crippen molar-refractivity contribution in [1.82, 2.24) is 10.0 Å². The van der Waals surface area contributed by atoms with E-state index in [4.69, 9.17) is 4.74 Å². The number of rotatable bonds is 7. The van der Waals surface area contributed by atoms with Crippen LogP contribution in [0.5, 0.6) is 5.75 Å². The van der Waals surface area contributed by atoms with Crippen molar-refractivity contribution in [1.29, 1.82) is 0 Å². The predicted molar refractivity (Wildman–Crippen MR) is 109 cm³/mol. The molecule has 28 heavy (non-hydrogen) atoms. The molecule has 2 aromatic rings. The van der Waals surface area contributed by atoms with Gasteiger partial charge in [0.05, 0.1) is 17.5 Å². The number of nitrogens with zero attached hydrogens (tertiary/aromatic N) is 2. The van der Waals surface area contributed by atoms with Crippen LogP contribution in [0.2, 0.25) is 0 Å². The van der Waals surface area contributed by atoms with Gasteiger partial charge in [0, 0.05) is 20.5 Å². The van der Waals surface area contributed by atoms with Crippen molar-refractivity contribution in [2.75, 3.05) is 32.2 Å². The fourth-order valence-electron chi connectivity index (χ4n) is 3.53. The van der Waals surface area contributed by atoms with Crippen LogP contribution in [0.25, 0.3) is 0 Å². The van der Waals surface area contributed by atoms with Gasteiger partial charge in [0.1, 0.15) is 5.75 Å². The highest BCUT2D eigenvalue weighted by molar-refractivity contribution is 7.91. The van der Waals surface area contributed by atoms with Crippen molar-refractivity contribution in [3.05, 3.63) is 65.7 Å². The lowest BCUT2D eigenvalue weighted by Crippen LogP contribution is -2.51. The van der Waals surface area contributed by atoms with Gasteiger partial charge in [0.15, 0.2) is 16.4 Å². The Hall–Kier alpha value is -2.38. The summed E-state index contributed by atoms with van der Waals surface area (Å²) in [5, 5.41) is 3.15. The number of hydrazine groups is 1. The summed E-state index contributed by atoms with van der Waals surface area (Å²) in [6.07, 6.45) is 1.17. The first-order valence-electron chi connectivity index (χ1n) is 9.30. The Morgan fingerprint density at radius 3 is 2.39 bits per heavy atom. The normalized spacial score (nSPS) is 18.2. The third-order valence-electron chi connectivity index (χ3n) is 4.80. The van der Waals surface area contributed by atoms with E-state index in [9.17, 15) is 13.2 Å². The molecule has 6 nitrogen and oxygen atoms in total. The van der Waals surface area contributed by atoms with Crippen molar-refractivity contribution in [3.8, 4) is 5.75 Å². The number of para-hydroxylation sites is 1. The first-order valence-corrected chi connectivity index (χ1v) is 11.1. The molecule has 1 saturated heterocycles. The summed E-state index contributed by atoms with van der Waals surface area (Å²) in [7, 11) is 0.407. The Morgan fingerprint density at radius 2 is 1.75 bits per heavy atom. The lowest BCUT2D eigenvalue weighted by molar-refractivity contribution is -0.151. The topological polar surface area (TPSA) is 66.9 Å². The van der Waals surface area contributed by atoms with Gasteiger partial charge in [-0.2, -0.15) is 0 Å². The zero-order valence-corrected chi connectivity index (χ0v) is 17.1. The van der Waals surface area contributed by atoms with E-state index in [0.717, 1.165) is 11.1 Å². The number of carbonyl (C=O) groups excluding carboxylic acids is 1. The highest BCUT2D eigenvalue weighted by atomic mass is 32.2. The Bertz CT molecular complexity index is 913. The molecule has 1 amide bonds. The molecule has 3 rings (SSSR count). The molecule has 0 radical (unpaired) electrons. The Labute approximate surface area is 166 Å². The van der Waals surface area contributed by atoms with Gasteiger partial charge >= 0.3 is 0 Å². The van der Waals surface area contributed by atoms with Crippen LogP contribution >= 0.6 is 0 Å². The summed E-state index contributed by atoms with van der Waals surface area (Å²) < 4.78 is 29.4. The molecule has 0 spiro atoms. The van der Waals surface area contributed by atoms with Gasteiger partial charge in [-0.25, -0.2) is 13.4 Å². The molecule has 7 heteroatoms. The summed E-state index contributed by atoms with van der Waals surface area (Å²) >= 11 is 0. The fraction of sp³-hybridized carbons (Fsp3) is 0.381. The smallest absolute Gasteiger partial charge is 0.275 e. The molecule has 1 aliphatic rings. The highest BCUT2D eigenvalue weighted by Crippen LogP contribution is 2.23. The Morgan fingerprint density at radius 1 is 1.07 bits per heavy atom. The van der Waals surface area contributed by atoms with Crippen molar-refractivity contribution in [3.63, 3.8) is 0 Å². The zero-order chi connectivity index (χ0) is 20.1. The molecular formula is C21H26N2O4S. The van der Waals surface area contributed by atoms with Crippen LogP contribution in [0.15, 0.2) is 54.6 Å². The van der Waals surface area contributed by atoms with E-state index in [2.05, 4.69) is 12.1 Å². The molecule has 0 saturated carbocycles. The minimum absolute atomic E-state index is 0.00150. The zero-order valence-electron chi connectivity index (χ0n) is 16.2. The third kappa shape index (κ3) is 5.11. The molecule has 150 valence electrons. The van der Waals surface area contributed by atoms with Gasteiger partial charge in [0.2, 0.25) is 0 Å². The molecular weight excluding hydrogens is 376 g/mol. The quantitative estimate of drug-likeness (QED) is 0.664. The Kier molecular flexibility index (Phi) is 6.36. The van der Waals surface area contributed by atoms with Crippen LogP contribution in [0.4, 0.5) is 0 Å². The van der Waals surface area contributed by atoms with Gasteiger partial charge in [0.25, 0.3) is 5.91 Å². The standard InChI is InChI=1S/C21H26N2O4S/c1-22(2)23(19-12-13-28(25,26)16-19)21(24)15-27-20-11-7-6-10-18(20)14-17-8-4-3-5-9-17/h3-11,19H,12-16H2,1-2H3. The second-order valence-electron chi connectivity index (χ2n) is 7.20. The van der Waals surface area contributed by atoms with Crippen molar-refractivity contribution < 1.29 is 17.9 Å². The number of carbonyl (C=O) groups is 1. The minimum Gasteiger partial charge on any atom is -0.483 e. The van der Waals surface area contributed by atoms with E-state index in [1.807, 2.05) is 42.5 Å². The maximum atomic E-state index is 12.8. The molecule has 0 N–H and O–H groups in total. The van der Waals surface area contributed by atoms with Crippen LogP contribution in [-0.2, 0) is 21.1 Å². The maximum Gasteiger partial charge on any atom is 0.275 e. The molecule has 0 aromatic heterocycles. The highest BCUT2D eigenvalue weighted by Gasteiger charge is 2.36. The second kappa shape index (κ2) is 8.75. The number of sulfone groups is 1. The first-order chi connectivity index (χ1) is 13.4. The summed E-state index contributed by atoms with van der Waals surface area (Å²) in [6.45, 7) is -0.138. The summed E-state index contributed by atoms with van der Waals surface area (Å²) in [5.41, 5.74) is 2.16. The molecule has 1 atom stereocenters. The van der Waals surface area contributed by atoms with Crippen molar-refractivity contribution >= 4 is 15.7 Å². The monoisotopic (exact) mass is 402 g/mol. The van der Waals surface area contributed by atoms with Gasteiger partial charge in [-0.3, -0.25) is 9.80 Å². The van der Waals surface area contributed by atoms with E-state index in [-0.39, 0.29) is 30.1 Å². The number of amides is 1. The number of hydrogen-bond acceptors (Lipinski definition) is 5. The largest absolute Gasteiger partial charge is 0.483 e. The van der Waals surface area contributed by atoms with E-state index in [1.54, 1.807) is 19.1 Å². The van der Waals surface area contributed by atoms with Crippen LogP contribution in [0, 0.1) is 0 Å². The number of benzene rings is 2.